The van der Waals surface area contributed by atoms with Gasteiger partial charge in [0.2, 0.25) is 11.8 Å². The standard InChI is InChI=1S/C36H48N4O6/c1-22(2)12-13-24(4)40(34(44)29(17-19-31(37)42)39-35(45)46-36(5,6)7)32(27-15-18-30(41)23(3)20-27)33(43)38-28-16-14-25-10-8-9-11-26(25)21-28/h8-11,14-16,18,20-22,24,29,32,41H,12-13,17,19H2,1-7H3,(H2,37,42)(H,38,43)(H,39,45). The fourth-order valence-corrected chi connectivity index (χ4v) is 5.25. The Bertz CT molecular complexity index is 1550. The normalized spacial score (nSPS) is 13.5. The molecule has 0 aliphatic heterocycles. The lowest BCUT2D eigenvalue weighted by Gasteiger charge is -2.39. The second-order valence-corrected chi connectivity index (χ2v) is 13.3. The molecule has 0 spiro atoms. The first-order chi connectivity index (χ1) is 21.6. The van der Waals surface area contributed by atoms with Crippen molar-refractivity contribution in [1.82, 2.24) is 10.2 Å². The summed E-state index contributed by atoms with van der Waals surface area (Å²) in [4.78, 5) is 55.2. The molecular weight excluding hydrogens is 584 g/mol. The number of benzene rings is 3. The molecule has 5 N–H and O–H groups in total. The number of carbonyl (C=O) groups excluding carboxylic acids is 4. The van der Waals surface area contributed by atoms with Gasteiger partial charge in [0.1, 0.15) is 23.4 Å². The van der Waals surface area contributed by atoms with E-state index >= 15 is 0 Å². The molecule has 0 aromatic heterocycles. The van der Waals surface area contributed by atoms with Gasteiger partial charge in [-0.25, -0.2) is 4.79 Å². The first-order valence-electron chi connectivity index (χ1n) is 15.7. The number of phenols is 1. The van der Waals surface area contributed by atoms with Gasteiger partial charge in [-0.1, -0.05) is 50.2 Å². The zero-order valence-corrected chi connectivity index (χ0v) is 27.9. The molecule has 3 unspecified atom stereocenters. The van der Waals surface area contributed by atoms with E-state index in [1.165, 1.54) is 11.0 Å². The maximum atomic E-state index is 14.6. The SMILES string of the molecule is Cc1cc(C(C(=O)Nc2ccc3ccccc3c2)N(C(=O)C(CCC(N)=O)NC(=O)OC(C)(C)C)C(C)CCC(C)C)ccc1O. The van der Waals surface area contributed by atoms with Crippen LogP contribution in [0, 0.1) is 12.8 Å². The van der Waals surface area contributed by atoms with Gasteiger partial charge in [-0.2, -0.15) is 0 Å². The summed E-state index contributed by atoms with van der Waals surface area (Å²) in [5.74, 6) is -1.30. The van der Waals surface area contributed by atoms with Crippen LogP contribution in [-0.4, -0.2) is 51.5 Å². The van der Waals surface area contributed by atoms with Crippen molar-refractivity contribution in [3.63, 3.8) is 0 Å². The Morgan fingerprint density at radius 3 is 2.20 bits per heavy atom. The molecule has 0 radical (unpaired) electrons. The number of anilines is 1. The molecule has 3 aromatic rings. The Morgan fingerprint density at radius 1 is 0.913 bits per heavy atom. The molecule has 0 saturated heterocycles. The van der Waals surface area contributed by atoms with Gasteiger partial charge in [0.25, 0.3) is 5.91 Å². The van der Waals surface area contributed by atoms with Crippen LogP contribution < -0.4 is 16.4 Å². The molecule has 10 nitrogen and oxygen atoms in total. The summed E-state index contributed by atoms with van der Waals surface area (Å²) in [6, 6.07) is 15.3. The predicted molar refractivity (Wildman–Crippen MR) is 180 cm³/mol. The lowest BCUT2D eigenvalue weighted by molar-refractivity contribution is -0.143. The number of amides is 4. The van der Waals surface area contributed by atoms with Crippen molar-refractivity contribution in [1.29, 1.82) is 0 Å². The number of nitrogens with two attached hydrogens (primary N) is 1. The molecule has 0 aliphatic rings. The fourth-order valence-electron chi connectivity index (χ4n) is 5.25. The van der Waals surface area contributed by atoms with Crippen LogP contribution in [0.1, 0.15) is 84.4 Å². The van der Waals surface area contributed by atoms with Crippen LogP contribution >= 0.6 is 0 Å². The number of carbonyl (C=O) groups is 4. The van der Waals surface area contributed by atoms with E-state index in [-0.39, 0.29) is 18.6 Å². The van der Waals surface area contributed by atoms with Crippen molar-refractivity contribution >= 4 is 40.3 Å². The van der Waals surface area contributed by atoms with Crippen LogP contribution in [0.2, 0.25) is 0 Å². The Labute approximate surface area is 271 Å². The van der Waals surface area contributed by atoms with E-state index in [0.717, 1.165) is 17.2 Å². The van der Waals surface area contributed by atoms with Crippen molar-refractivity contribution < 1.29 is 29.0 Å². The van der Waals surface area contributed by atoms with Crippen molar-refractivity contribution in [3.05, 3.63) is 71.8 Å². The molecule has 3 atom stereocenters. The second-order valence-electron chi connectivity index (χ2n) is 13.3. The highest BCUT2D eigenvalue weighted by molar-refractivity contribution is 6.00. The number of hydrogen-bond donors (Lipinski definition) is 4. The van der Waals surface area contributed by atoms with Gasteiger partial charge in [0.05, 0.1) is 0 Å². The fraction of sp³-hybridized carbons (Fsp3) is 0.444. The molecule has 4 amide bonds. The number of alkyl carbamates (subject to hydrolysis) is 1. The average Bonchev–Trinajstić information content (AvgIpc) is 2.96. The first-order valence-corrected chi connectivity index (χ1v) is 15.7. The van der Waals surface area contributed by atoms with E-state index in [1.54, 1.807) is 45.9 Å². The molecule has 0 bridgehead atoms. The molecule has 3 aromatic carbocycles. The van der Waals surface area contributed by atoms with Crippen LogP contribution in [0.5, 0.6) is 5.75 Å². The zero-order valence-electron chi connectivity index (χ0n) is 27.9. The average molecular weight is 633 g/mol. The summed E-state index contributed by atoms with van der Waals surface area (Å²) >= 11 is 0. The minimum atomic E-state index is -1.21. The van der Waals surface area contributed by atoms with Gasteiger partial charge in [0.15, 0.2) is 0 Å². The Balaban J connectivity index is 2.13. The molecule has 0 aliphatic carbocycles. The maximum absolute atomic E-state index is 14.6. The number of aromatic hydroxyl groups is 1. The predicted octanol–water partition coefficient (Wildman–Crippen LogP) is 6.35. The van der Waals surface area contributed by atoms with Crippen LogP contribution in [-0.2, 0) is 19.1 Å². The zero-order chi connectivity index (χ0) is 34.2. The van der Waals surface area contributed by atoms with Gasteiger partial charge in [-0.05, 0) is 106 Å². The quantitative estimate of drug-likeness (QED) is 0.173. The summed E-state index contributed by atoms with van der Waals surface area (Å²) in [7, 11) is 0. The molecular formula is C36H48N4O6. The van der Waals surface area contributed by atoms with E-state index in [0.29, 0.717) is 29.2 Å². The van der Waals surface area contributed by atoms with Gasteiger partial charge < -0.3 is 31.1 Å². The Morgan fingerprint density at radius 2 is 1.59 bits per heavy atom. The van der Waals surface area contributed by atoms with E-state index in [2.05, 4.69) is 24.5 Å². The molecule has 0 heterocycles. The highest BCUT2D eigenvalue weighted by Crippen LogP contribution is 2.32. The minimum Gasteiger partial charge on any atom is -0.508 e. The summed E-state index contributed by atoms with van der Waals surface area (Å²) in [6.07, 6.45) is 0.239. The third kappa shape index (κ3) is 10.2. The van der Waals surface area contributed by atoms with E-state index in [4.69, 9.17) is 10.5 Å². The van der Waals surface area contributed by atoms with Crippen LogP contribution in [0.25, 0.3) is 10.8 Å². The number of phenolic OH excluding ortho intramolecular Hbond substituents is 1. The lowest BCUT2D eigenvalue weighted by atomic mass is 9.95. The van der Waals surface area contributed by atoms with Crippen molar-refractivity contribution in [3.8, 4) is 5.75 Å². The van der Waals surface area contributed by atoms with E-state index < -0.39 is 47.5 Å². The van der Waals surface area contributed by atoms with Crippen molar-refractivity contribution in [2.24, 2.45) is 11.7 Å². The Hall–Kier alpha value is -4.60. The number of aryl methyl sites for hydroxylation is 1. The van der Waals surface area contributed by atoms with Gasteiger partial charge in [0, 0.05) is 18.2 Å². The second kappa shape index (κ2) is 15.6. The number of hydrogen-bond acceptors (Lipinski definition) is 6. The molecule has 0 fully saturated rings. The topological polar surface area (TPSA) is 151 Å². The summed E-state index contributed by atoms with van der Waals surface area (Å²) < 4.78 is 5.44. The maximum Gasteiger partial charge on any atom is 0.408 e. The monoisotopic (exact) mass is 632 g/mol. The smallest absolute Gasteiger partial charge is 0.408 e. The lowest BCUT2D eigenvalue weighted by Crippen LogP contribution is -2.55. The van der Waals surface area contributed by atoms with Gasteiger partial charge in [-0.3, -0.25) is 14.4 Å². The van der Waals surface area contributed by atoms with Gasteiger partial charge >= 0.3 is 6.09 Å². The highest BCUT2D eigenvalue weighted by Gasteiger charge is 2.39. The molecule has 46 heavy (non-hydrogen) atoms. The number of nitrogens with zero attached hydrogens (tertiary/aromatic N) is 1. The molecule has 248 valence electrons. The molecule has 0 saturated carbocycles. The number of nitrogens with one attached hydrogen (secondary N) is 2. The summed E-state index contributed by atoms with van der Waals surface area (Å²) in [6.45, 7) is 12.8. The first kappa shape index (κ1) is 35.9. The third-order valence-corrected chi connectivity index (χ3v) is 7.64. The molecule has 10 heteroatoms. The van der Waals surface area contributed by atoms with E-state index in [9.17, 15) is 24.3 Å². The molecule has 3 rings (SSSR count). The summed E-state index contributed by atoms with van der Waals surface area (Å²) in [5.41, 5.74) is 6.16. The third-order valence-electron chi connectivity index (χ3n) is 7.64. The number of primary amides is 1. The van der Waals surface area contributed by atoms with E-state index in [1.807, 2.05) is 43.3 Å². The Kier molecular flexibility index (Phi) is 12.2. The van der Waals surface area contributed by atoms with Crippen molar-refractivity contribution in [2.75, 3.05) is 5.32 Å². The van der Waals surface area contributed by atoms with Gasteiger partial charge in [-0.15, -0.1) is 0 Å². The van der Waals surface area contributed by atoms with Crippen LogP contribution in [0.15, 0.2) is 60.7 Å². The number of rotatable bonds is 13. The summed E-state index contributed by atoms with van der Waals surface area (Å²) in [5, 5.41) is 17.9. The van der Waals surface area contributed by atoms with Crippen LogP contribution in [0.3, 0.4) is 0 Å². The largest absolute Gasteiger partial charge is 0.508 e. The highest BCUT2D eigenvalue weighted by atomic mass is 16.6. The van der Waals surface area contributed by atoms with Crippen molar-refractivity contribution in [2.45, 2.75) is 97.9 Å². The number of fused-ring (bicyclic) bond motifs is 1. The number of ether oxygens (including phenoxy) is 1. The minimum absolute atomic E-state index is 0.0501. The van der Waals surface area contributed by atoms with Crippen LogP contribution in [0.4, 0.5) is 10.5 Å².